The van der Waals surface area contributed by atoms with E-state index in [0.29, 0.717) is 5.41 Å². The van der Waals surface area contributed by atoms with Crippen molar-refractivity contribution < 1.29 is 0 Å². The van der Waals surface area contributed by atoms with Crippen LogP contribution in [-0.4, -0.2) is 6.04 Å². The molecule has 0 amide bonds. The molecule has 0 spiro atoms. The second-order valence-electron chi connectivity index (χ2n) is 9.08. The fourth-order valence-electron chi connectivity index (χ4n) is 5.91. The molecule has 1 N–H and O–H groups in total. The van der Waals surface area contributed by atoms with Crippen molar-refractivity contribution in [2.24, 2.45) is 23.2 Å². The Morgan fingerprint density at radius 2 is 1.96 bits per heavy atom. The van der Waals surface area contributed by atoms with E-state index in [-0.39, 0.29) is 0 Å². The van der Waals surface area contributed by atoms with Gasteiger partial charge in [0.15, 0.2) is 0 Å². The van der Waals surface area contributed by atoms with E-state index in [1.807, 2.05) is 11.3 Å². The average Bonchev–Trinajstić information content (AvgIpc) is 3.02. The lowest BCUT2D eigenvalue weighted by Crippen LogP contribution is -2.59. The van der Waals surface area contributed by atoms with Crippen LogP contribution in [0, 0.1) is 23.2 Å². The van der Waals surface area contributed by atoms with Gasteiger partial charge in [-0.1, -0.05) is 40.0 Å². The summed E-state index contributed by atoms with van der Waals surface area (Å²) in [5.74, 6) is 3.60. The highest BCUT2D eigenvalue weighted by Crippen LogP contribution is 2.61. The Bertz CT molecular complexity index is 540. The molecule has 0 saturated heterocycles. The van der Waals surface area contributed by atoms with Crippen LogP contribution in [0.4, 0.5) is 0 Å². The number of rotatable bonds is 4. The Kier molecular flexibility index (Phi) is 4.34. The monoisotopic (exact) mass is 331 g/mol. The standard InChI is InChI=1S/C21H33NS/c1-14-18-11-16(21(18,2)3)12-19(14)22-13-20-17(9-10-23-20)15-7-5-4-6-8-15/h9-10,14-16,18-19,22H,4-8,11-13H2,1-3H3/t14-,16-,18+,19-/m1/s1. The zero-order valence-corrected chi connectivity index (χ0v) is 15.9. The van der Waals surface area contributed by atoms with Gasteiger partial charge in [-0.2, -0.15) is 0 Å². The SMILES string of the molecule is C[C@H]1[C@H](NCc2sccc2C2CCCCC2)C[C@H]2C[C@@H]1C2(C)C. The van der Waals surface area contributed by atoms with Gasteiger partial charge in [-0.25, -0.2) is 0 Å². The van der Waals surface area contributed by atoms with Gasteiger partial charge in [-0.15, -0.1) is 11.3 Å². The third kappa shape index (κ3) is 2.80. The first-order valence-electron chi connectivity index (χ1n) is 9.87. The zero-order chi connectivity index (χ0) is 16.0. The van der Waals surface area contributed by atoms with Crippen molar-refractivity contribution in [2.45, 2.75) is 84.2 Å². The van der Waals surface area contributed by atoms with E-state index < -0.39 is 0 Å². The van der Waals surface area contributed by atoms with Crippen LogP contribution < -0.4 is 5.32 Å². The van der Waals surface area contributed by atoms with Gasteiger partial charge in [0.2, 0.25) is 0 Å². The van der Waals surface area contributed by atoms with Crippen LogP contribution in [-0.2, 0) is 6.54 Å². The minimum Gasteiger partial charge on any atom is -0.309 e. The topological polar surface area (TPSA) is 12.0 Å². The predicted molar refractivity (Wildman–Crippen MR) is 99.9 cm³/mol. The van der Waals surface area contributed by atoms with E-state index in [0.717, 1.165) is 36.3 Å². The van der Waals surface area contributed by atoms with Gasteiger partial charge in [-0.05, 0) is 71.8 Å². The Morgan fingerprint density at radius 1 is 1.17 bits per heavy atom. The quantitative estimate of drug-likeness (QED) is 0.718. The third-order valence-corrected chi connectivity index (χ3v) is 8.64. The summed E-state index contributed by atoms with van der Waals surface area (Å²) in [7, 11) is 0. The van der Waals surface area contributed by atoms with Gasteiger partial charge >= 0.3 is 0 Å². The lowest BCUT2D eigenvalue weighted by atomic mass is 9.45. The summed E-state index contributed by atoms with van der Waals surface area (Å²) in [5, 5.41) is 6.29. The van der Waals surface area contributed by atoms with Crippen LogP contribution in [0.25, 0.3) is 0 Å². The molecule has 4 aliphatic rings. The first-order chi connectivity index (χ1) is 11.1. The van der Waals surface area contributed by atoms with Gasteiger partial charge in [0.05, 0.1) is 0 Å². The third-order valence-electron chi connectivity index (χ3n) is 7.70. The fourth-order valence-corrected chi connectivity index (χ4v) is 6.83. The number of fused-ring (bicyclic) bond motifs is 2. The number of nitrogens with one attached hydrogen (secondary N) is 1. The van der Waals surface area contributed by atoms with Crippen molar-refractivity contribution in [3.63, 3.8) is 0 Å². The first kappa shape index (κ1) is 16.1. The van der Waals surface area contributed by atoms with Gasteiger partial charge < -0.3 is 5.32 Å². The Balaban J connectivity index is 1.38. The van der Waals surface area contributed by atoms with E-state index in [1.165, 1.54) is 44.9 Å². The fraction of sp³-hybridized carbons (Fsp3) is 0.810. The molecule has 23 heavy (non-hydrogen) atoms. The van der Waals surface area contributed by atoms with Gasteiger partial charge in [0.1, 0.15) is 0 Å². The largest absolute Gasteiger partial charge is 0.309 e. The van der Waals surface area contributed by atoms with Gasteiger partial charge in [0, 0.05) is 17.5 Å². The van der Waals surface area contributed by atoms with Crippen molar-refractivity contribution in [1.29, 1.82) is 0 Å². The van der Waals surface area contributed by atoms with Crippen LogP contribution in [0.15, 0.2) is 11.4 Å². The van der Waals surface area contributed by atoms with Crippen LogP contribution in [0.3, 0.4) is 0 Å². The normalized spacial score (nSPS) is 36.7. The first-order valence-corrected chi connectivity index (χ1v) is 10.7. The maximum absolute atomic E-state index is 3.96. The lowest BCUT2D eigenvalue weighted by Gasteiger charge is -2.62. The molecule has 1 aromatic heterocycles. The summed E-state index contributed by atoms with van der Waals surface area (Å²) in [5.41, 5.74) is 2.28. The molecule has 4 saturated carbocycles. The van der Waals surface area contributed by atoms with Crippen molar-refractivity contribution in [3.05, 3.63) is 21.9 Å². The molecular formula is C21H33NS. The molecule has 4 fully saturated rings. The van der Waals surface area contributed by atoms with E-state index >= 15 is 0 Å². The van der Waals surface area contributed by atoms with Crippen molar-refractivity contribution in [3.8, 4) is 0 Å². The van der Waals surface area contributed by atoms with E-state index in [2.05, 4.69) is 37.5 Å². The molecule has 1 aromatic rings. The van der Waals surface area contributed by atoms with E-state index in [1.54, 1.807) is 10.4 Å². The molecule has 0 unspecified atom stereocenters. The average molecular weight is 332 g/mol. The summed E-state index contributed by atoms with van der Waals surface area (Å²) in [4.78, 5) is 1.63. The molecule has 4 atom stereocenters. The van der Waals surface area contributed by atoms with Crippen LogP contribution >= 0.6 is 11.3 Å². The van der Waals surface area contributed by atoms with Crippen molar-refractivity contribution >= 4 is 11.3 Å². The molecular weight excluding hydrogens is 298 g/mol. The number of hydrogen-bond acceptors (Lipinski definition) is 2. The molecule has 5 rings (SSSR count). The molecule has 0 radical (unpaired) electrons. The smallest absolute Gasteiger partial charge is 0.0305 e. The highest BCUT2D eigenvalue weighted by atomic mass is 32.1. The molecule has 0 aromatic carbocycles. The molecule has 1 nitrogen and oxygen atoms in total. The Labute approximate surface area is 146 Å². The summed E-state index contributed by atoms with van der Waals surface area (Å²) in [6, 6.07) is 3.16. The van der Waals surface area contributed by atoms with Crippen LogP contribution in [0.5, 0.6) is 0 Å². The highest BCUT2D eigenvalue weighted by molar-refractivity contribution is 7.10. The van der Waals surface area contributed by atoms with Crippen LogP contribution in [0.1, 0.15) is 82.1 Å². The van der Waals surface area contributed by atoms with E-state index in [9.17, 15) is 0 Å². The van der Waals surface area contributed by atoms with Crippen LogP contribution in [0.2, 0.25) is 0 Å². The molecule has 128 valence electrons. The zero-order valence-electron chi connectivity index (χ0n) is 15.1. The van der Waals surface area contributed by atoms with Crippen molar-refractivity contribution in [1.82, 2.24) is 5.32 Å². The summed E-state index contributed by atoms with van der Waals surface area (Å²) < 4.78 is 0. The summed E-state index contributed by atoms with van der Waals surface area (Å²) >= 11 is 1.98. The highest BCUT2D eigenvalue weighted by Gasteiger charge is 2.55. The Morgan fingerprint density at radius 3 is 2.65 bits per heavy atom. The second-order valence-corrected chi connectivity index (χ2v) is 10.1. The molecule has 2 heteroatoms. The number of thiophene rings is 1. The van der Waals surface area contributed by atoms with E-state index in [4.69, 9.17) is 0 Å². The molecule has 1 heterocycles. The molecule has 2 bridgehead atoms. The van der Waals surface area contributed by atoms with Gasteiger partial charge in [-0.3, -0.25) is 0 Å². The summed E-state index contributed by atoms with van der Waals surface area (Å²) in [6.07, 6.45) is 10.0. The maximum Gasteiger partial charge on any atom is 0.0305 e. The second kappa shape index (κ2) is 6.19. The Hall–Kier alpha value is -0.340. The minimum absolute atomic E-state index is 0.605. The summed E-state index contributed by atoms with van der Waals surface area (Å²) in [6.45, 7) is 8.60. The lowest BCUT2D eigenvalue weighted by molar-refractivity contribution is -0.115. The maximum atomic E-state index is 3.96. The predicted octanol–water partition coefficient (Wildman–Crippen LogP) is 5.96. The molecule has 4 aliphatic carbocycles. The minimum atomic E-state index is 0.605. The molecule has 0 aliphatic heterocycles. The van der Waals surface area contributed by atoms with Crippen molar-refractivity contribution in [2.75, 3.05) is 0 Å². The van der Waals surface area contributed by atoms with Gasteiger partial charge in [0.25, 0.3) is 0 Å². The number of hydrogen-bond donors (Lipinski definition) is 1.